The Morgan fingerprint density at radius 1 is 0.882 bits per heavy atom. The molecule has 0 nitrogen and oxygen atoms in total. The van der Waals surface area contributed by atoms with Crippen molar-refractivity contribution in [3.63, 3.8) is 0 Å². The van der Waals surface area contributed by atoms with Crippen LogP contribution < -0.4 is 0 Å². The maximum absolute atomic E-state index is 6.40. The maximum atomic E-state index is 6.40. The average Bonchev–Trinajstić information content (AvgIpc) is 2.33. The van der Waals surface area contributed by atoms with Crippen LogP contribution in [0.25, 0.3) is 0 Å². The molecule has 0 bridgehead atoms. The summed E-state index contributed by atoms with van der Waals surface area (Å²) in [7, 11) is 0. The van der Waals surface area contributed by atoms with Gasteiger partial charge in [0.15, 0.2) is 0 Å². The van der Waals surface area contributed by atoms with Gasteiger partial charge >= 0.3 is 0 Å². The fraction of sp³-hybridized carbons (Fsp3) is 0.200. The first-order valence-corrected chi connectivity index (χ1v) is 6.90. The Morgan fingerprint density at radius 3 is 2.24 bits per heavy atom. The van der Waals surface area contributed by atoms with E-state index in [1.807, 2.05) is 18.2 Å². The first kappa shape index (κ1) is 12.7. The van der Waals surface area contributed by atoms with Crippen molar-refractivity contribution in [2.75, 3.05) is 0 Å². The lowest BCUT2D eigenvalue weighted by molar-refractivity contribution is 0.828. The molecule has 0 N–H and O–H groups in total. The summed E-state index contributed by atoms with van der Waals surface area (Å²) in [5.41, 5.74) is 2.56. The standard InChI is InChI=1S/C15H14BrCl/c16-15-9-5-4-8-13(15)11-14(17)10-12-6-2-1-3-7-12/h1-9,14H,10-11H2. The van der Waals surface area contributed by atoms with Crippen LogP contribution in [0.15, 0.2) is 59.1 Å². The molecule has 0 aliphatic carbocycles. The van der Waals surface area contributed by atoms with E-state index in [0.29, 0.717) is 0 Å². The van der Waals surface area contributed by atoms with Crippen molar-refractivity contribution in [1.82, 2.24) is 0 Å². The van der Waals surface area contributed by atoms with E-state index in [1.54, 1.807) is 0 Å². The zero-order chi connectivity index (χ0) is 12.1. The van der Waals surface area contributed by atoms with Crippen LogP contribution in [-0.4, -0.2) is 5.38 Å². The van der Waals surface area contributed by atoms with E-state index in [1.165, 1.54) is 11.1 Å². The summed E-state index contributed by atoms with van der Waals surface area (Å²) in [6, 6.07) is 18.6. The third-order valence-electron chi connectivity index (χ3n) is 2.70. The maximum Gasteiger partial charge on any atom is 0.0417 e. The fourth-order valence-corrected chi connectivity index (χ4v) is 2.64. The summed E-state index contributed by atoms with van der Waals surface area (Å²) >= 11 is 9.95. The summed E-state index contributed by atoms with van der Waals surface area (Å²) in [6.07, 6.45) is 1.79. The van der Waals surface area contributed by atoms with Crippen LogP contribution in [-0.2, 0) is 12.8 Å². The molecular weight excluding hydrogens is 296 g/mol. The molecule has 0 fully saturated rings. The summed E-state index contributed by atoms with van der Waals surface area (Å²) < 4.78 is 1.14. The molecule has 0 heterocycles. The van der Waals surface area contributed by atoms with Crippen LogP contribution in [0, 0.1) is 0 Å². The highest BCUT2D eigenvalue weighted by atomic mass is 79.9. The first-order valence-electron chi connectivity index (χ1n) is 5.67. The van der Waals surface area contributed by atoms with E-state index < -0.39 is 0 Å². The van der Waals surface area contributed by atoms with Gasteiger partial charge in [-0.2, -0.15) is 0 Å². The Labute approximate surface area is 116 Å². The topological polar surface area (TPSA) is 0 Å². The van der Waals surface area contributed by atoms with Crippen molar-refractivity contribution in [1.29, 1.82) is 0 Å². The lowest BCUT2D eigenvalue weighted by Crippen LogP contribution is -2.07. The molecule has 2 heteroatoms. The average molecular weight is 310 g/mol. The molecule has 0 amide bonds. The predicted molar refractivity (Wildman–Crippen MR) is 77.6 cm³/mol. The van der Waals surface area contributed by atoms with E-state index >= 15 is 0 Å². The molecule has 2 aromatic rings. The van der Waals surface area contributed by atoms with E-state index in [9.17, 15) is 0 Å². The van der Waals surface area contributed by atoms with Gasteiger partial charge in [0, 0.05) is 9.85 Å². The van der Waals surface area contributed by atoms with Gasteiger partial charge in [-0.3, -0.25) is 0 Å². The van der Waals surface area contributed by atoms with Crippen LogP contribution in [0.1, 0.15) is 11.1 Å². The molecule has 88 valence electrons. The normalized spacial score (nSPS) is 12.4. The van der Waals surface area contributed by atoms with Gasteiger partial charge in [0.2, 0.25) is 0 Å². The molecule has 0 aromatic heterocycles. The largest absolute Gasteiger partial charge is 0.122 e. The van der Waals surface area contributed by atoms with Gasteiger partial charge < -0.3 is 0 Å². The number of hydrogen-bond donors (Lipinski definition) is 0. The molecule has 0 saturated carbocycles. The highest BCUT2D eigenvalue weighted by Gasteiger charge is 2.08. The smallest absolute Gasteiger partial charge is 0.0417 e. The molecule has 17 heavy (non-hydrogen) atoms. The fourth-order valence-electron chi connectivity index (χ4n) is 1.84. The number of halogens is 2. The summed E-state index contributed by atoms with van der Waals surface area (Å²) in [5, 5.41) is 0.135. The Kier molecular flexibility index (Phi) is 4.64. The molecule has 0 aliphatic heterocycles. The van der Waals surface area contributed by atoms with E-state index in [4.69, 9.17) is 11.6 Å². The second-order valence-corrected chi connectivity index (χ2v) is 5.55. The van der Waals surface area contributed by atoms with Gasteiger partial charge in [-0.15, -0.1) is 11.6 Å². The monoisotopic (exact) mass is 308 g/mol. The number of alkyl halides is 1. The predicted octanol–water partition coefficient (Wildman–Crippen LogP) is 4.84. The summed E-state index contributed by atoms with van der Waals surface area (Å²) in [4.78, 5) is 0. The Bertz CT molecular complexity index is 467. The Balaban J connectivity index is 1.98. The lowest BCUT2D eigenvalue weighted by atomic mass is 10.0. The second-order valence-electron chi connectivity index (χ2n) is 4.08. The minimum atomic E-state index is 0.135. The molecule has 0 saturated heterocycles. The van der Waals surface area contributed by atoms with Crippen molar-refractivity contribution in [2.24, 2.45) is 0 Å². The van der Waals surface area contributed by atoms with E-state index in [2.05, 4.69) is 52.3 Å². The molecule has 0 spiro atoms. The molecule has 2 aromatic carbocycles. The quantitative estimate of drug-likeness (QED) is 0.709. The minimum Gasteiger partial charge on any atom is -0.122 e. The Morgan fingerprint density at radius 2 is 1.53 bits per heavy atom. The van der Waals surface area contributed by atoms with Crippen LogP contribution in [0.5, 0.6) is 0 Å². The number of rotatable bonds is 4. The van der Waals surface area contributed by atoms with E-state index in [-0.39, 0.29) is 5.38 Å². The van der Waals surface area contributed by atoms with Crippen molar-refractivity contribution in [2.45, 2.75) is 18.2 Å². The SMILES string of the molecule is ClC(Cc1ccccc1)Cc1ccccc1Br. The minimum absolute atomic E-state index is 0.135. The molecular formula is C15H14BrCl. The molecule has 2 rings (SSSR count). The van der Waals surface area contributed by atoms with Gasteiger partial charge in [-0.25, -0.2) is 0 Å². The first-order chi connectivity index (χ1) is 8.25. The molecule has 0 aliphatic rings. The van der Waals surface area contributed by atoms with Gasteiger partial charge in [-0.1, -0.05) is 64.5 Å². The lowest BCUT2D eigenvalue weighted by Gasteiger charge is -2.10. The summed E-state index contributed by atoms with van der Waals surface area (Å²) in [5.74, 6) is 0. The zero-order valence-electron chi connectivity index (χ0n) is 9.44. The number of benzene rings is 2. The van der Waals surface area contributed by atoms with Crippen molar-refractivity contribution in [3.8, 4) is 0 Å². The van der Waals surface area contributed by atoms with Crippen molar-refractivity contribution < 1.29 is 0 Å². The van der Waals surface area contributed by atoms with Crippen LogP contribution >= 0.6 is 27.5 Å². The molecule has 1 atom stereocenters. The third kappa shape index (κ3) is 3.86. The number of hydrogen-bond acceptors (Lipinski definition) is 0. The molecule has 0 radical (unpaired) electrons. The van der Waals surface area contributed by atoms with Gasteiger partial charge in [-0.05, 0) is 30.0 Å². The summed E-state index contributed by atoms with van der Waals surface area (Å²) in [6.45, 7) is 0. The van der Waals surface area contributed by atoms with Crippen LogP contribution in [0.4, 0.5) is 0 Å². The van der Waals surface area contributed by atoms with Gasteiger partial charge in [0.25, 0.3) is 0 Å². The zero-order valence-corrected chi connectivity index (χ0v) is 11.8. The van der Waals surface area contributed by atoms with Crippen LogP contribution in [0.3, 0.4) is 0 Å². The van der Waals surface area contributed by atoms with Gasteiger partial charge in [0.1, 0.15) is 0 Å². The Hall–Kier alpha value is -0.790. The second kappa shape index (κ2) is 6.23. The highest BCUT2D eigenvalue weighted by Crippen LogP contribution is 2.20. The molecule has 1 unspecified atom stereocenters. The van der Waals surface area contributed by atoms with E-state index in [0.717, 1.165) is 17.3 Å². The highest BCUT2D eigenvalue weighted by molar-refractivity contribution is 9.10. The van der Waals surface area contributed by atoms with Crippen LogP contribution in [0.2, 0.25) is 0 Å². The third-order valence-corrected chi connectivity index (χ3v) is 3.78. The van der Waals surface area contributed by atoms with Crippen molar-refractivity contribution in [3.05, 3.63) is 70.2 Å². The van der Waals surface area contributed by atoms with Gasteiger partial charge in [0.05, 0.1) is 0 Å². The van der Waals surface area contributed by atoms with Crippen molar-refractivity contribution >= 4 is 27.5 Å².